The van der Waals surface area contributed by atoms with Crippen LogP contribution in [0.4, 0.5) is 5.69 Å². The van der Waals surface area contributed by atoms with E-state index in [-0.39, 0.29) is 23.4 Å². The maximum absolute atomic E-state index is 13.1. The molecule has 2 aromatic rings. The summed E-state index contributed by atoms with van der Waals surface area (Å²) in [6.07, 6.45) is 0.778. The maximum Gasteiger partial charge on any atom is 0.264 e. The van der Waals surface area contributed by atoms with Gasteiger partial charge in [0, 0.05) is 9.61 Å². The Morgan fingerprint density at radius 3 is 2.28 bits per heavy atom. The summed E-state index contributed by atoms with van der Waals surface area (Å²) in [7, 11) is -3.83. The van der Waals surface area contributed by atoms with Crippen LogP contribution in [0.15, 0.2) is 59.5 Å². The third-order valence-electron chi connectivity index (χ3n) is 3.75. The molecule has 0 fully saturated rings. The highest BCUT2D eigenvalue weighted by atomic mass is 127. The number of hydrogen-bond acceptors (Lipinski definition) is 3. The standard InChI is InChI=1S/C18H21IN2O3S/c1-3-14(2)20-18(22)13-21(16-11-9-15(19)10-12-16)25(23,24)17-7-5-4-6-8-17/h4-12,14H,3,13H2,1-2H3,(H,20,22)/t14-/m1/s1. The van der Waals surface area contributed by atoms with Gasteiger partial charge in [-0.1, -0.05) is 25.1 Å². The van der Waals surface area contributed by atoms with Crippen LogP contribution in [-0.4, -0.2) is 26.9 Å². The number of rotatable bonds is 7. The molecular weight excluding hydrogens is 451 g/mol. The van der Waals surface area contributed by atoms with Gasteiger partial charge < -0.3 is 5.32 Å². The van der Waals surface area contributed by atoms with Gasteiger partial charge in [0.15, 0.2) is 0 Å². The van der Waals surface area contributed by atoms with E-state index in [9.17, 15) is 13.2 Å². The molecule has 0 aliphatic heterocycles. The summed E-state index contributed by atoms with van der Waals surface area (Å²) in [6.45, 7) is 3.59. The van der Waals surface area contributed by atoms with Crippen molar-refractivity contribution in [1.29, 1.82) is 0 Å². The lowest BCUT2D eigenvalue weighted by Crippen LogP contribution is -2.43. The molecule has 0 radical (unpaired) electrons. The Labute approximate surface area is 162 Å². The highest BCUT2D eigenvalue weighted by Crippen LogP contribution is 2.24. The monoisotopic (exact) mass is 472 g/mol. The Bertz CT molecular complexity index is 808. The van der Waals surface area contributed by atoms with E-state index in [0.717, 1.165) is 14.3 Å². The molecule has 1 amide bonds. The molecule has 0 saturated carbocycles. The van der Waals surface area contributed by atoms with Gasteiger partial charge in [-0.05, 0) is 72.3 Å². The summed E-state index contributed by atoms with van der Waals surface area (Å²) in [5.41, 5.74) is 0.462. The molecule has 7 heteroatoms. The molecule has 5 nitrogen and oxygen atoms in total. The topological polar surface area (TPSA) is 66.5 Å². The molecule has 134 valence electrons. The lowest BCUT2D eigenvalue weighted by Gasteiger charge is -2.25. The van der Waals surface area contributed by atoms with E-state index in [1.807, 2.05) is 26.0 Å². The van der Waals surface area contributed by atoms with Crippen molar-refractivity contribution in [3.05, 3.63) is 58.2 Å². The summed E-state index contributed by atoms with van der Waals surface area (Å²) in [6, 6.07) is 15.2. The van der Waals surface area contributed by atoms with Crippen molar-refractivity contribution in [1.82, 2.24) is 5.32 Å². The number of carbonyl (C=O) groups is 1. The van der Waals surface area contributed by atoms with Crippen LogP contribution in [0.3, 0.4) is 0 Å². The second-order valence-electron chi connectivity index (χ2n) is 5.68. The van der Waals surface area contributed by atoms with Gasteiger partial charge in [0.25, 0.3) is 10.0 Å². The number of carbonyl (C=O) groups excluding carboxylic acids is 1. The predicted octanol–water partition coefficient (Wildman–Crippen LogP) is 3.40. The highest BCUT2D eigenvalue weighted by Gasteiger charge is 2.27. The average molecular weight is 472 g/mol. The first kappa shape index (κ1) is 19.7. The Kier molecular flexibility index (Phi) is 6.83. The van der Waals surface area contributed by atoms with Gasteiger partial charge in [-0.2, -0.15) is 0 Å². The fourth-order valence-electron chi connectivity index (χ4n) is 2.20. The van der Waals surface area contributed by atoms with Crippen LogP contribution in [0.2, 0.25) is 0 Å². The fourth-order valence-corrected chi connectivity index (χ4v) is 4.00. The molecule has 0 aromatic heterocycles. The number of halogens is 1. The molecular formula is C18H21IN2O3S. The number of anilines is 1. The number of amides is 1. The van der Waals surface area contributed by atoms with Gasteiger partial charge in [-0.3, -0.25) is 9.10 Å². The smallest absolute Gasteiger partial charge is 0.264 e. The van der Waals surface area contributed by atoms with Gasteiger partial charge in [-0.15, -0.1) is 0 Å². The summed E-state index contributed by atoms with van der Waals surface area (Å²) >= 11 is 2.15. The zero-order valence-electron chi connectivity index (χ0n) is 14.1. The lowest BCUT2D eigenvalue weighted by molar-refractivity contribution is -0.120. The average Bonchev–Trinajstić information content (AvgIpc) is 2.61. The zero-order chi connectivity index (χ0) is 18.4. The van der Waals surface area contributed by atoms with E-state index in [0.29, 0.717) is 5.69 Å². The minimum atomic E-state index is -3.83. The van der Waals surface area contributed by atoms with Crippen molar-refractivity contribution in [2.24, 2.45) is 0 Å². The van der Waals surface area contributed by atoms with E-state index >= 15 is 0 Å². The summed E-state index contributed by atoms with van der Waals surface area (Å²) in [4.78, 5) is 12.5. The summed E-state index contributed by atoms with van der Waals surface area (Å²) in [5, 5.41) is 2.82. The van der Waals surface area contributed by atoms with Crippen LogP contribution in [-0.2, 0) is 14.8 Å². The molecule has 0 spiro atoms. The first-order chi connectivity index (χ1) is 11.8. The molecule has 2 aromatic carbocycles. The van der Waals surface area contributed by atoms with Crippen LogP contribution in [0.5, 0.6) is 0 Å². The van der Waals surface area contributed by atoms with Crippen molar-refractivity contribution in [2.45, 2.75) is 31.2 Å². The van der Waals surface area contributed by atoms with Gasteiger partial charge >= 0.3 is 0 Å². The fraction of sp³-hybridized carbons (Fsp3) is 0.278. The predicted molar refractivity (Wildman–Crippen MR) is 108 cm³/mol. The molecule has 2 rings (SSSR count). The summed E-state index contributed by atoms with van der Waals surface area (Å²) < 4.78 is 28.2. The lowest BCUT2D eigenvalue weighted by atomic mass is 10.2. The first-order valence-electron chi connectivity index (χ1n) is 7.97. The minimum absolute atomic E-state index is 0.00880. The Morgan fingerprint density at radius 1 is 1.12 bits per heavy atom. The van der Waals surface area contributed by atoms with Crippen LogP contribution in [0.25, 0.3) is 0 Å². The molecule has 1 N–H and O–H groups in total. The number of nitrogens with one attached hydrogen (secondary N) is 1. The van der Waals surface area contributed by atoms with E-state index < -0.39 is 10.0 Å². The molecule has 0 unspecified atom stereocenters. The SMILES string of the molecule is CC[C@@H](C)NC(=O)CN(c1ccc(I)cc1)S(=O)(=O)c1ccccc1. The quantitative estimate of drug-likeness (QED) is 0.629. The molecule has 0 aliphatic carbocycles. The summed E-state index contributed by atoms with van der Waals surface area (Å²) in [5.74, 6) is -0.326. The third kappa shape index (κ3) is 5.18. The van der Waals surface area contributed by atoms with Gasteiger partial charge in [-0.25, -0.2) is 8.42 Å². The minimum Gasteiger partial charge on any atom is -0.352 e. The molecule has 0 heterocycles. The maximum atomic E-state index is 13.1. The van der Waals surface area contributed by atoms with Crippen molar-refractivity contribution < 1.29 is 13.2 Å². The molecule has 0 bridgehead atoms. The Balaban J connectivity index is 2.39. The van der Waals surface area contributed by atoms with E-state index in [1.165, 1.54) is 12.1 Å². The molecule has 0 saturated heterocycles. The first-order valence-corrected chi connectivity index (χ1v) is 10.5. The number of benzene rings is 2. The van der Waals surface area contributed by atoms with Gasteiger partial charge in [0.1, 0.15) is 6.54 Å². The Morgan fingerprint density at radius 2 is 1.72 bits per heavy atom. The molecule has 25 heavy (non-hydrogen) atoms. The highest BCUT2D eigenvalue weighted by molar-refractivity contribution is 14.1. The van der Waals surface area contributed by atoms with Crippen molar-refractivity contribution >= 4 is 44.2 Å². The number of nitrogens with zero attached hydrogens (tertiary/aromatic N) is 1. The van der Waals surface area contributed by atoms with Crippen LogP contribution in [0.1, 0.15) is 20.3 Å². The van der Waals surface area contributed by atoms with E-state index in [4.69, 9.17) is 0 Å². The zero-order valence-corrected chi connectivity index (χ0v) is 17.1. The normalized spacial score (nSPS) is 12.4. The Hall–Kier alpha value is -1.61. The second-order valence-corrected chi connectivity index (χ2v) is 8.79. The second kappa shape index (κ2) is 8.66. The van der Waals surface area contributed by atoms with Gasteiger partial charge in [0.05, 0.1) is 10.6 Å². The number of hydrogen-bond donors (Lipinski definition) is 1. The van der Waals surface area contributed by atoms with Crippen LogP contribution in [0, 0.1) is 3.57 Å². The third-order valence-corrected chi connectivity index (χ3v) is 6.26. The largest absolute Gasteiger partial charge is 0.352 e. The van der Waals surface area contributed by atoms with Gasteiger partial charge in [0.2, 0.25) is 5.91 Å². The van der Waals surface area contributed by atoms with Crippen molar-refractivity contribution in [3.63, 3.8) is 0 Å². The van der Waals surface area contributed by atoms with Crippen molar-refractivity contribution in [2.75, 3.05) is 10.8 Å². The molecule has 1 atom stereocenters. The number of sulfonamides is 1. The molecule has 0 aliphatic rings. The van der Waals surface area contributed by atoms with E-state index in [1.54, 1.807) is 30.3 Å². The van der Waals surface area contributed by atoms with E-state index in [2.05, 4.69) is 27.9 Å². The van der Waals surface area contributed by atoms with Crippen molar-refractivity contribution in [3.8, 4) is 0 Å². The van der Waals surface area contributed by atoms with Crippen LogP contribution < -0.4 is 9.62 Å². The van der Waals surface area contributed by atoms with Crippen LogP contribution >= 0.6 is 22.6 Å².